The number of hydrogen-bond donors (Lipinski definition) is 2. The molecule has 0 aromatic heterocycles. The second-order valence-corrected chi connectivity index (χ2v) is 5.39. The maximum absolute atomic E-state index is 11.9. The average molecular weight is 381 g/mol. The second kappa shape index (κ2) is 10.3. The quantitative estimate of drug-likeness (QED) is 0.251. The molecule has 28 heavy (non-hydrogen) atoms. The highest BCUT2D eigenvalue weighted by molar-refractivity contribution is 6.39. The molecule has 2 amide bonds. The van der Waals surface area contributed by atoms with Crippen LogP contribution in [0.5, 0.6) is 5.75 Å². The Kier molecular flexibility index (Phi) is 7.47. The van der Waals surface area contributed by atoms with E-state index >= 15 is 0 Å². The summed E-state index contributed by atoms with van der Waals surface area (Å²) >= 11 is 0. The summed E-state index contributed by atoms with van der Waals surface area (Å²) in [5, 5.41) is 6.16. The molecule has 0 aliphatic heterocycles. The summed E-state index contributed by atoms with van der Waals surface area (Å²) in [6.07, 6.45) is 2.96. The Bertz CT molecular complexity index is 874. The van der Waals surface area contributed by atoms with Gasteiger partial charge in [-0.1, -0.05) is 24.8 Å². The summed E-state index contributed by atoms with van der Waals surface area (Å²) in [5.41, 5.74) is 3.59. The van der Waals surface area contributed by atoms with Gasteiger partial charge < -0.3 is 14.8 Å². The minimum Gasteiger partial charge on any atom is -0.490 e. The molecule has 0 saturated heterocycles. The van der Waals surface area contributed by atoms with Crippen molar-refractivity contribution in [2.24, 2.45) is 5.10 Å². The number of benzene rings is 2. The summed E-state index contributed by atoms with van der Waals surface area (Å²) in [6, 6.07) is 12.9. The molecule has 0 aliphatic rings. The second-order valence-electron chi connectivity index (χ2n) is 5.39. The molecular weight excluding hydrogens is 362 g/mol. The van der Waals surface area contributed by atoms with E-state index in [1.165, 1.54) is 13.3 Å². The van der Waals surface area contributed by atoms with Crippen molar-refractivity contribution in [2.45, 2.75) is 0 Å². The molecule has 0 bridgehead atoms. The number of amides is 2. The molecular formula is C20H19N3O5. The van der Waals surface area contributed by atoms with E-state index in [9.17, 15) is 14.4 Å². The first kappa shape index (κ1) is 20.4. The predicted octanol–water partition coefficient (Wildman–Crippen LogP) is 2.13. The van der Waals surface area contributed by atoms with Gasteiger partial charge in [-0.15, -0.1) is 0 Å². The highest BCUT2D eigenvalue weighted by Gasteiger charge is 2.12. The summed E-state index contributed by atoms with van der Waals surface area (Å²) in [5.74, 6) is -1.62. The summed E-state index contributed by atoms with van der Waals surface area (Å²) < 4.78 is 9.93. The van der Waals surface area contributed by atoms with Crippen LogP contribution in [0.25, 0.3) is 0 Å². The third-order valence-electron chi connectivity index (χ3n) is 3.40. The molecule has 0 fully saturated rings. The largest absolute Gasteiger partial charge is 0.490 e. The van der Waals surface area contributed by atoms with Crippen molar-refractivity contribution in [1.82, 2.24) is 5.43 Å². The van der Waals surface area contributed by atoms with Crippen LogP contribution in [0.4, 0.5) is 5.69 Å². The maximum Gasteiger partial charge on any atom is 0.337 e. The van der Waals surface area contributed by atoms with Crippen molar-refractivity contribution in [2.75, 3.05) is 19.0 Å². The molecule has 0 saturated carbocycles. The van der Waals surface area contributed by atoms with Gasteiger partial charge in [-0.25, -0.2) is 10.2 Å². The number of hydrazone groups is 1. The van der Waals surface area contributed by atoms with Crippen molar-refractivity contribution in [3.8, 4) is 5.75 Å². The minimum absolute atomic E-state index is 0.373. The number of ether oxygens (including phenoxy) is 2. The molecule has 0 aliphatic carbocycles. The van der Waals surface area contributed by atoms with Crippen LogP contribution >= 0.6 is 0 Å². The minimum atomic E-state index is -0.922. The topological polar surface area (TPSA) is 106 Å². The standard InChI is InChI=1S/C20H19N3O5/c1-3-12-28-17-10-8-16(9-11-17)22-18(24)19(25)23-21-13-14-4-6-15(7-5-14)20(26)27-2/h3-11,13H,1,12H2,2H3,(H,22,24)(H,23,25)/b21-13-. The van der Waals surface area contributed by atoms with Gasteiger partial charge in [-0.05, 0) is 42.0 Å². The van der Waals surface area contributed by atoms with Crippen LogP contribution in [0.15, 0.2) is 66.3 Å². The zero-order chi connectivity index (χ0) is 20.4. The zero-order valence-corrected chi connectivity index (χ0v) is 15.2. The van der Waals surface area contributed by atoms with Crippen LogP contribution in [0, 0.1) is 0 Å². The first-order valence-electron chi connectivity index (χ1n) is 8.20. The highest BCUT2D eigenvalue weighted by atomic mass is 16.5. The number of carbonyl (C=O) groups excluding carboxylic acids is 3. The average Bonchev–Trinajstić information content (AvgIpc) is 2.73. The van der Waals surface area contributed by atoms with Crippen LogP contribution in [0.3, 0.4) is 0 Å². The number of anilines is 1. The molecule has 2 aromatic carbocycles. The predicted molar refractivity (Wildman–Crippen MR) is 104 cm³/mol. The lowest BCUT2D eigenvalue weighted by Gasteiger charge is -2.06. The molecule has 2 rings (SSSR count). The molecule has 0 unspecified atom stereocenters. The van der Waals surface area contributed by atoms with Crippen molar-refractivity contribution in [1.29, 1.82) is 0 Å². The van der Waals surface area contributed by atoms with Crippen LogP contribution < -0.4 is 15.5 Å². The van der Waals surface area contributed by atoms with Gasteiger partial charge in [-0.3, -0.25) is 9.59 Å². The zero-order valence-electron chi connectivity index (χ0n) is 15.2. The van der Waals surface area contributed by atoms with E-state index in [0.29, 0.717) is 29.2 Å². The molecule has 0 spiro atoms. The van der Waals surface area contributed by atoms with Crippen molar-refractivity contribution in [3.63, 3.8) is 0 Å². The van der Waals surface area contributed by atoms with Crippen molar-refractivity contribution >= 4 is 29.7 Å². The van der Waals surface area contributed by atoms with E-state index in [-0.39, 0.29) is 0 Å². The van der Waals surface area contributed by atoms with E-state index in [4.69, 9.17) is 4.74 Å². The Morgan fingerprint density at radius 1 is 1.04 bits per heavy atom. The number of nitrogens with zero attached hydrogens (tertiary/aromatic N) is 1. The fraction of sp³-hybridized carbons (Fsp3) is 0.100. The molecule has 8 heteroatoms. The number of rotatable bonds is 7. The Morgan fingerprint density at radius 2 is 1.71 bits per heavy atom. The molecule has 0 heterocycles. The van der Waals surface area contributed by atoms with E-state index in [0.717, 1.165) is 0 Å². The van der Waals surface area contributed by atoms with Gasteiger partial charge in [0.1, 0.15) is 12.4 Å². The Labute approximate surface area is 161 Å². The summed E-state index contributed by atoms with van der Waals surface area (Å²) in [6.45, 7) is 3.93. The van der Waals surface area contributed by atoms with Gasteiger partial charge in [0.15, 0.2) is 0 Å². The van der Waals surface area contributed by atoms with Crippen molar-refractivity contribution in [3.05, 3.63) is 72.3 Å². The normalized spacial score (nSPS) is 10.2. The van der Waals surface area contributed by atoms with Crippen LogP contribution in [-0.2, 0) is 14.3 Å². The van der Waals surface area contributed by atoms with E-state index in [1.54, 1.807) is 54.6 Å². The fourth-order valence-electron chi connectivity index (χ4n) is 2.02. The van der Waals surface area contributed by atoms with Gasteiger partial charge in [0.05, 0.1) is 18.9 Å². The SMILES string of the molecule is C=CCOc1ccc(NC(=O)C(=O)N/N=C\c2ccc(C(=O)OC)cc2)cc1. The van der Waals surface area contributed by atoms with Crippen LogP contribution in [0.2, 0.25) is 0 Å². The third kappa shape index (κ3) is 6.10. The number of hydrogen-bond acceptors (Lipinski definition) is 6. The molecule has 144 valence electrons. The molecule has 2 N–H and O–H groups in total. The van der Waals surface area contributed by atoms with Gasteiger partial charge in [-0.2, -0.15) is 5.10 Å². The molecule has 8 nitrogen and oxygen atoms in total. The lowest BCUT2D eigenvalue weighted by molar-refractivity contribution is -0.136. The Balaban J connectivity index is 1.84. The van der Waals surface area contributed by atoms with Gasteiger partial charge in [0.2, 0.25) is 0 Å². The molecule has 0 atom stereocenters. The van der Waals surface area contributed by atoms with Gasteiger partial charge in [0, 0.05) is 5.69 Å². The van der Waals surface area contributed by atoms with Gasteiger partial charge in [0.25, 0.3) is 0 Å². The Hall–Kier alpha value is -3.94. The number of methoxy groups -OCH3 is 1. The third-order valence-corrected chi connectivity index (χ3v) is 3.40. The first-order valence-corrected chi connectivity index (χ1v) is 8.20. The molecule has 2 aromatic rings. The number of carbonyl (C=O) groups is 3. The van der Waals surface area contributed by atoms with Gasteiger partial charge >= 0.3 is 17.8 Å². The van der Waals surface area contributed by atoms with E-state index < -0.39 is 17.8 Å². The maximum atomic E-state index is 11.9. The summed E-state index contributed by atoms with van der Waals surface area (Å²) in [7, 11) is 1.29. The fourth-order valence-corrected chi connectivity index (χ4v) is 2.02. The highest BCUT2D eigenvalue weighted by Crippen LogP contribution is 2.15. The number of nitrogens with one attached hydrogen (secondary N) is 2. The monoisotopic (exact) mass is 381 g/mol. The number of esters is 1. The first-order chi connectivity index (χ1) is 13.5. The lowest BCUT2D eigenvalue weighted by atomic mass is 10.1. The van der Waals surface area contributed by atoms with E-state index in [1.807, 2.05) is 0 Å². The van der Waals surface area contributed by atoms with E-state index in [2.05, 4.69) is 27.2 Å². The van der Waals surface area contributed by atoms with Crippen LogP contribution in [-0.4, -0.2) is 37.7 Å². The van der Waals surface area contributed by atoms with Crippen molar-refractivity contribution < 1.29 is 23.9 Å². The Morgan fingerprint density at radius 3 is 2.32 bits per heavy atom. The smallest absolute Gasteiger partial charge is 0.337 e. The lowest BCUT2D eigenvalue weighted by Crippen LogP contribution is -2.32. The summed E-state index contributed by atoms with van der Waals surface area (Å²) in [4.78, 5) is 35.0. The van der Waals surface area contributed by atoms with Crippen LogP contribution in [0.1, 0.15) is 15.9 Å². The molecule has 0 radical (unpaired) electrons.